The number of carbonyl (C=O) groups is 1. The molecule has 1 amide bonds. The Morgan fingerprint density at radius 3 is 2.48 bits per heavy atom. The van der Waals surface area contributed by atoms with E-state index in [4.69, 9.17) is 4.74 Å². The topological polar surface area (TPSA) is 66.2 Å². The molecule has 0 saturated carbocycles. The molecular weight excluding hydrogens is 434 g/mol. The van der Waals surface area contributed by atoms with Gasteiger partial charge in [0.15, 0.2) is 6.61 Å². The predicted molar refractivity (Wildman–Crippen MR) is 138 cm³/mol. The lowest BCUT2D eigenvalue weighted by molar-refractivity contribution is -0.124. The number of hydrogen-bond donors (Lipinski definition) is 3. The normalized spacial score (nSPS) is 11.4. The molecule has 3 N–H and O–H groups in total. The van der Waals surface area contributed by atoms with Crippen LogP contribution in [0.2, 0.25) is 0 Å². The molecule has 0 atom stereocenters. The van der Waals surface area contributed by atoms with E-state index in [1.54, 1.807) is 0 Å². The van der Waals surface area contributed by atoms with E-state index in [-0.39, 0.29) is 30.5 Å². The minimum Gasteiger partial charge on any atom is -0.483 e. The zero-order chi connectivity index (χ0) is 22.6. The van der Waals surface area contributed by atoms with Gasteiger partial charge in [-0.15, -0.1) is 12.4 Å². The molecule has 0 aliphatic heterocycles. The third kappa shape index (κ3) is 6.28. The van der Waals surface area contributed by atoms with Crippen molar-refractivity contribution in [1.29, 1.82) is 0 Å². The van der Waals surface area contributed by atoms with Gasteiger partial charge in [0.2, 0.25) is 0 Å². The maximum atomic E-state index is 12.3. The summed E-state index contributed by atoms with van der Waals surface area (Å²) in [5.74, 6) is 0.622. The quantitative estimate of drug-likeness (QED) is 0.306. The Bertz CT molecular complexity index is 1230. The SMILES string of the molecule is CC(C)(C)NC(=O)COc1ccc2ccccc2c1CNCCc1c[nH]c2ccccc12.Cl. The van der Waals surface area contributed by atoms with Crippen LogP contribution in [-0.4, -0.2) is 29.6 Å². The molecule has 4 rings (SSSR count). The smallest absolute Gasteiger partial charge is 0.258 e. The Kier molecular flexibility index (Phi) is 8.01. The van der Waals surface area contributed by atoms with Crippen molar-refractivity contribution in [2.75, 3.05) is 13.2 Å². The second-order valence-electron chi connectivity index (χ2n) is 9.14. The van der Waals surface area contributed by atoms with Gasteiger partial charge >= 0.3 is 0 Å². The van der Waals surface area contributed by atoms with Gasteiger partial charge in [-0.05, 0) is 62.2 Å². The predicted octanol–water partition coefficient (Wildman–Crippen LogP) is 5.37. The number of amides is 1. The van der Waals surface area contributed by atoms with Crippen molar-refractivity contribution in [2.45, 2.75) is 39.3 Å². The lowest BCUT2D eigenvalue weighted by Crippen LogP contribution is -2.43. The maximum Gasteiger partial charge on any atom is 0.258 e. The van der Waals surface area contributed by atoms with Gasteiger partial charge in [0.05, 0.1) is 0 Å². The molecule has 0 aliphatic rings. The lowest BCUT2D eigenvalue weighted by Gasteiger charge is -2.21. The van der Waals surface area contributed by atoms with Crippen LogP contribution in [0.25, 0.3) is 21.7 Å². The molecule has 1 heterocycles. The number of ether oxygens (including phenoxy) is 1. The molecule has 174 valence electrons. The standard InChI is InChI=1S/C27H31N3O2.ClH/c1-27(2,3)30-26(31)18-32-25-13-12-19-8-4-5-9-21(19)23(25)17-28-15-14-20-16-29-24-11-7-6-10-22(20)24;/h4-13,16,28-29H,14-15,17-18H2,1-3H3,(H,30,31);1H. The van der Waals surface area contributed by atoms with Crippen LogP contribution in [0.3, 0.4) is 0 Å². The van der Waals surface area contributed by atoms with Gasteiger partial charge in [0.25, 0.3) is 5.91 Å². The van der Waals surface area contributed by atoms with Gasteiger partial charge < -0.3 is 20.4 Å². The molecule has 33 heavy (non-hydrogen) atoms. The van der Waals surface area contributed by atoms with E-state index in [1.807, 2.05) is 51.1 Å². The van der Waals surface area contributed by atoms with Crippen LogP contribution in [0.5, 0.6) is 5.75 Å². The fourth-order valence-corrected chi connectivity index (χ4v) is 4.01. The highest BCUT2D eigenvalue weighted by molar-refractivity contribution is 5.88. The Morgan fingerprint density at radius 1 is 0.970 bits per heavy atom. The molecule has 5 nitrogen and oxygen atoms in total. The van der Waals surface area contributed by atoms with Crippen molar-refractivity contribution < 1.29 is 9.53 Å². The average Bonchev–Trinajstić information content (AvgIpc) is 3.17. The van der Waals surface area contributed by atoms with Gasteiger partial charge in [-0.1, -0.05) is 48.5 Å². The number of halogens is 1. The van der Waals surface area contributed by atoms with Crippen LogP contribution in [0.4, 0.5) is 0 Å². The van der Waals surface area contributed by atoms with E-state index in [1.165, 1.54) is 16.5 Å². The summed E-state index contributed by atoms with van der Waals surface area (Å²) >= 11 is 0. The fraction of sp³-hybridized carbons (Fsp3) is 0.296. The molecule has 0 bridgehead atoms. The van der Waals surface area contributed by atoms with Crippen LogP contribution in [0.1, 0.15) is 31.9 Å². The summed E-state index contributed by atoms with van der Waals surface area (Å²) in [4.78, 5) is 15.6. The number of nitrogens with one attached hydrogen (secondary N) is 3. The summed E-state index contributed by atoms with van der Waals surface area (Å²) in [6.45, 7) is 7.39. The summed E-state index contributed by atoms with van der Waals surface area (Å²) in [6, 6.07) is 20.7. The van der Waals surface area contributed by atoms with E-state index in [0.717, 1.165) is 35.1 Å². The molecule has 0 unspecified atom stereocenters. The molecule has 0 aliphatic carbocycles. The largest absolute Gasteiger partial charge is 0.483 e. The van der Waals surface area contributed by atoms with Gasteiger partial charge in [-0.2, -0.15) is 0 Å². The van der Waals surface area contributed by atoms with Crippen molar-refractivity contribution in [3.8, 4) is 5.75 Å². The van der Waals surface area contributed by atoms with Crippen molar-refractivity contribution in [3.05, 3.63) is 78.0 Å². The Labute approximate surface area is 201 Å². The van der Waals surface area contributed by atoms with Crippen molar-refractivity contribution in [1.82, 2.24) is 15.6 Å². The van der Waals surface area contributed by atoms with E-state index >= 15 is 0 Å². The molecule has 3 aromatic carbocycles. The van der Waals surface area contributed by atoms with E-state index in [0.29, 0.717) is 6.54 Å². The number of para-hydroxylation sites is 1. The minimum absolute atomic E-state index is 0. The van der Waals surface area contributed by atoms with Crippen molar-refractivity contribution in [2.24, 2.45) is 0 Å². The number of fused-ring (bicyclic) bond motifs is 2. The molecule has 0 radical (unpaired) electrons. The summed E-state index contributed by atoms with van der Waals surface area (Å²) < 4.78 is 5.96. The van der Waals surface area contributed by atoms with Gasteiger partial charge in [0, 0.05) is 34.7 Å². The zero-order valence-electron chi connectivity index (χ0n) is 19.4. The van der Waals surface area contributed by atoms with E-state index in [9.17, 15) is 4.79 Å². The number of aromatic amines is 1. The lowest BCUT2D eigenvalue weighted by atomic mass is 10.0. The maximum absolute atomic E-state index is 12.3. The molecule has 0 fully saturated rings. The highest BCUT2D eigenvalue weighted by atomic mass is 35.5. The third-order valence-corrected chi connectivity index (χ3v) is 5.42. The first-order chi connectivity index (χ1) is 15.4. The Morgan fingerprint density at radius 2 is 1.70 bits per heavy atom. The van der Waals surface area contributed by atoms with Crippen molar-refractivity contribution in [3.63, 3.8) is 0 Å². The third-order valence-electron chi connectivity index (χ3n) is 5.42. The zero-order valence-corrected chi connectivity index (χ0v) is 20.2. The first-order valence-corrected chi connectivity index (χ1v) is 11.1. The first-order valence-electron chi connectivity index (χ1n) is 11.1. The number of H-pyrrole nitrogens is 1. The van der Waals surface area contributed by atoms with Crippen molar-refractivity contribution >= 4 is 40.0 Å². The average molecular weight is 466 g/mol. The molecule has 1 aromatic heterocycles. The summed E-state index contributed by atoms with van der Waals surface area (Å²) in [5, 5.41) is 10.1. The van der Waals surface area contributed by atoms with Crippen LogP contribution in [0.15, 0.2) is 66.9 Å². The second-order valence-corrected chi connectivity index (χ2v) is 9.14. The van der Waals surface area contributed by atoms with Crippen LogP contribution in [0, 0.1) is 0 Å². The number of aromatic nitrogens is 1. The highest BCUT2D eigenvalue weighted by Crippen LogP contribution is 2.28. The number of carbonyl (C=O) groups excluding carboxylic acids is 1. The Balaban J connectivity index is 0.00000306. The summed E-state index contributed by atoms with van der Waals surface area (Å²) in [7, 11) is 0. The van der Waals surface area contributed by atoms with Gasteiger partial charge in [0.1, 0.15) is 5.75 Å². The fourth-order valence-electron chi connectivity index (χ4n) is 4.01. The molecular formula is C27H32ClN3O2. The second kappa shape index (κ2) is 10.7. The molecule has 0 saturated heterocycles. The van der Waals surface area contributed by atoms with Gasteiger partial charge in [-0.3, -0.25) is 4.79 Å². The summed E-state index contributed by atoms with van der Waals surface area (Å²) in [6.07, 6.45) is 3.02. The molecule has 6 heteroatoms. The number of rotatable bonds is 8. The number of hydrogen-bond acceptors (Lipinski definition) is 3. The monoisotopic (exact) mass is 465 g/mol. The highest BCUT2D eigenvalue weighted by Gasteiger charge is 2.15. The Hall–Kier alpha value is -3.02. The van der Waals surface area contributed by atoms with E-state index < -0.39 is 0 Å². The number of benzene rings is 3. The molecule has 4 aromatic rings. The first kappa shape index (κ1) is 24.6. The van der Waals surface area contributed by atoms with Crippen LogP contribution < -0.4 is 15.4 Å². The van der Waals surface area contributed by atoms with Crippen LogP contribution >= 0.6 is 12.4 Å². The van der Waals surface area contributed by atoms with Gasteiger partial charge in [-0.25, -0.2) is 0 Å². The van der Waals surface area contributed by atoms with Crippen LogP contribution in [-0.2, 0) is 17.8 Å². The molecule has 0 spiro atoms. The van der Waals surface area contributed by atoms with E-state index in [2.05, 4.69) is 52.1 Å². The minimum atomic E-state index is -0.281. The summed E-state index contributed by atoms with van der Waals surface area (Å²) in [5.41, 5.74) is 3.27.